The highest BCUT2D eigenvalue weighted by Crippen LogP contribution is 2.36. The molecule has 1 aliphatic rings. The molecule has 2 aromatic carbocycles. The van der Waals surface area contributed by atoms with Gasteiger partial charge in [0.25, 0.3) is 5.91 Å². The van der Waals surface area contributed by atoms with Crippen molar-refractivity contribution in [2.24, 2.45) is 0 Å². The summed E-state index contributed by atoms with van der Waals surface area (Å²) in [7, 11) is 1.53. The average Bonchev–Trinajstić information content (AvgIpc) is 3.21. The topological polar surface area (TPSA) is 50.8 Å². The summed E-state index contributed by atoms with van der Waals surface area (Å²) < 4.78 is 10.8. The van der Waals surface area contributed by atoms with Crippen molar-refractivity contribution in [2.45, 2.75) is 32.9 Å². The van der Waals surface area contributed by atoms with Gasteiger partial charge in [-0.2, -0.15) is 0 Å². The van der Waals surface area contributed by atoms with Gasteiger partial charge in [-0.05, 0) is 56.1 Å². The molecule has 0 bridgehead atoms. The predicted molar refractivity (Wildman–Crippen MR) is 111 cm³/mol. The average molecular weight is 403 g/mol. The van der Waals surface area contributed by atoms with Gasteiger partial charge in [-0.1, -0.05) is 35.9 Å². The summed E-state index contributed by atoms with van der Waals surface area (Å²) in [6, 6.07) is 11.6. The van der Waals surface area contributed by atoms with E-state index in [-0.39, 0.29) is 5.91 Å². The van der Waals surface area contributed by atoms with E-state index < -0.39 is 0 Å². The summed E-state index contributed by atoms with van der Waals surface area (Å²) in [5.74, 6) is 0.701. The first-order chi connectivity index (χ1) is 13.6. The lowest BCUT2D eigenvalue weighted by molar-refractivity contribution is 0.0950. The Bertz CT molecular complexity index is 802. The van der Waals surface area contributed by atoms with Crippen LogP contribution in [0, 0.1) is 0 Å². The van der Waals surface area contributed by atoms with Crippen LogP contribution >= 0.6 is 11.6 Å². The number of rotatable bonds is 8. The van der Waals surface area contributed by atoms with Crippen LogP contribution in [0.15, 0.2) is 36.4 Å². The van der Waals surface area contributed by atoms with Gasteiger partial charge in [0.1, 0.15) is 0 Å². The standard InChI is InChI=1S/C22H27ClN2O3/c1-3-28-21-19(23)12-18(13-20(21)27-2)22(26)24-14-16-6-8-17(9-7-16)15-25-10-4-5-11-25/h6-9,12-13H,3-5,10-11,14-15H2,1-2H3,(H,24,26). The molecule has 1 amide bonds. The Morgan fingerprint density at radius 1 is 1.14 bits per heavy atom. The molecule has 1 aliphatic heterocycles. The molecule has 1 N–H and O–H groups in total. The largest absolute Gasteiger partial charge is 0.493 e. The van der Waals surface area contributed by atoms with Crippen molar-refractivity contribution in [2.75, 3.05) is 26.8 Å². The quantitative estimate of drug-likeness (QED) is 0.716. The first-order valence-electron chi connectivity index (χ1n) is 9.69. The molecule has 28 heavy (non-hydrogen) atoms. The number of hydrogen-bond acceptors (Lipinski definition) is 4. The normalized spacial score (nSPS) is 14.1. The number of hydrogen-bond donors (Lipinski definition) is 1. The molecular formula is C22H27ClN2O3. The Kier molecular flexibility index (Phi) is 7.18. The minimum absolute atomic E-state index is 0.204. The number of carbonyl (C=O) groups excluding carboxylic acids is 1. The third kappa shape index (κ3) is 5.18. The van der Waals surface area contributed by atoms with Crippen LogP contribution in [0.4, 0.5) is 0 Å². The molecular weight excluding hydrogens is 376 g/mol. The van der Waals surface area contributed by atoms with Gasteiger partial charge in [-0.25, -0.2) is 0 Å². The maximum absolute atomic E-state index is 12.5. The molecule has 3 rings (SSSR count). The number of amides is 1. The van der Waals surface area contributed by atoms with Crippen LogP contribution in [-0.2, 0) is 13.1 Å². The highest BCUT2D eigenvalue weighted by Gasteiger charge is 2.16. The Labute approximate surface area is 171 Å². The zero-order valence-electron chi connectivity index (χ0n) is 16.5. The molecule has 1 fully saturated rings. The summed E-state index contributed by atoms with van der Waals surface area (Å²) in [5.41, 5.74) is 2.80. The smallest absolute Gasteiger partial charge is 0.251 e. The number of ether oxygens (including phenoxy) is 2. The number of halogens is 1. The van der Waals surface area contributed by atoms with Gasteiger partial charge < -0.3 is 14.8 Å². The zero-order chi connectivity index (χ0) is 19.9. The lowest BCUT2D eigenvalue weighted by Gasteiger charge is -2.15. The summed E-state index contributed by atoms with van der Waals surface area (Å²) in [5, 5.41) is 3.29. The van der Waals surface area contributed by atoms with E-state index in [2.05, 4.69) is 34.5 Å². The van der Waals surface area contributed by atoms with Crippen LogP contribution in [0.2, 0.25) is 5.02 Å². The van der Waals surface area contributed by atoms with E-state index in [4.69, 9.17) is 21.1 Å². The monoisotopic (exact) mass is 402 g/mol. The second-order valence-electron chi connectivity index (χ2n) is 6.90. The van der Waals surface area contributed by atoms with E-state index in [0.717, 1.165) is 12.1 Å². The number of methoxy groups -OCH3 is 1. The van der Waals surface area contributed by atoms with Gasteiger partial charge in [0.05, 0.1) is 18.7 Å². The highest BCUT2D eigenvalue weighted by atomic mass is 35.5. The van der Waals surface area contributed by atoms with Crippen molar-refractivity contribution in [3.05, 3.63) is 58.1 Å². The Morgan fingerprint density at radius 2 is 1.82 bits per heavy atom. The van der Waals surface area contributed by atoms with Crippen LogP contribution in [0.25, 0.3) is 0 Å². The van der Waals surface area contributed by atoms with E-state index in [9.17, 15) is 4.79 Å². The van der Waals surface area contributed by atoms with Gasteiger partial charge in [0, 0.05) is 18.7 Å². The minimum atomic E-state index is -0.204. The molecule has 0 aliphatic carbocycles. The van der Waals surface area contributed by atoms with Crippen LogP contribution in [-0.4, -0.2) is 37.6 Å². The van der Waals surface area contributed by atoms with Gasteiger partial charge >= 0.3 is 0 Å². The lowest BCUT2D eigenvalue weighted by atomic mass is 10.1. The SMILES string of the molecule is CCOc1c(Cl)cc(C(=O)NCc2ccc(CN3CCCC3)cc2)cc1OC. The summed E-state index contributed by atoms with van der Waals surface area (Å²) >= 11 is 6.25. The molecule has 1 heterocycles. The number of carbonyl (C=O) groups is 1. The highest BCUT2D eigenvalue weighted by molar-refractivity contribution is 6.32. The number of nitrogens with one attached hydrogen (secondary N) is 1. The zero-order valence-corrected chi connectivity index (χ0v) is 17.2. The van der Waals surface area contributed by atoms with Crippen molar-refractivity contribution >= 4 is 17.5 Å². The fourth-order valence-corrected chi connectivity index (χ4v) is 3.65. The summed E-state index contributed by atoms with van der Waals surface area (Å²) in [6.07, 6.45) is 2.59. The number of benzene rings is 2. The van der Waals surface area contributed by atoms with Gasteiger partial charge in [-0.15, -0.1) is 0 Å². The van der Waals surface area contributed by atoms with Crippen LogP contribution in [0.3, 0.4) is 0 Å². The first kappa shape index (κ1) is 20.5. The van der Waals surface area contributed by atoms with Crippen molar-refractivity contribution in [1.29, 1.82) is 0 Å². The molecule has 150 valence electrons. The molecule has 6 heteroatoms. The van der Waals surface area contributed by atoms with E-state index >= 15 is 0 Å². The van der Waals surface area contributed by atoms with Gasteiger partial charge in [0.2, 0.25) is 0 Å². The molecule has 1 saturated heterocycles. The van der Waals surface area contributed by atoms with Crippen LogP contribution in [0.5, 0.6) is 11.5 Å². The second-order valence-corrected chi connectivity index (χ2v) is 7.31. The van der Waals surface area contributed by atoms with Crippen LogP contribution in [0.1, 0.15) is 41.3 Å². The third-order valence-electron chi connectivity index (χ3n) is 4.86. The maximum atomic E-state index is 12.5. The number of likely N-dealkylation sites (tertiary alicyclic amines) is 1. The third-order valence-corrected chi connectivity index (χ3v) is 5.14. The second kappa shape index (κ2) is 9.80. The molecule has 0 spiro atoms. The lowest BCUT2D eigenvalue weighted by Crippen LogP contribution is -2.23. The van der Waals surface area contributed by atoms with Crippen molar-refractivity contribution in [3.63, 3.8) is 0 Å². The molecule has 0 radical (unpaired) electrons. The number of nitrogens with zero attached hydrogens (tertiary/aromatic N) is 1. The molecule has 2 aromatic rings. The molecule has 0 unspecified atom stereocenters. The maximum Gasteiger partial charge on any atom is 0.251 e. The fourth-order valence-electron chi connectivity index (χ4n) is 3.38. The molecule has 0 saturated carbocycles. The predicted octanol–water partition coefficient (Wildman–Crippen LogP) is 4.27. The molecule has 0 aromatic heterocycles. The summed E-state index contributed by atoms with van der Waals surface area (Å²) in [4.78, 5) is 15.0. The van der Waals surface area contributed by atoms with Gasteiger partial charge in [-0.3, -0.25) is 9.69 Å². The Balaban J connectivity index is 1.59. The van der Waals surface area contributed by atoms with Crippen molar-refractivity contribution in [1.82, 2.24) is 10.2 Å². The first-order valence-corrected chi connectivity index (χ1v) is 10.1. The van der Waals surface area contributed by atoms with Crippen molar-refractivity contribution in [3.8, 4) is 11.5 Å². The van der Waals surface area contributed by atoms with E-state index in [1.165, 1.54) is 38.6 Å². The van der Waals surface area contributed by atoms with Crippen molar-refractivity contribution < 1.29 is 14.3 Å². The van der Waals surface area contributed by atoms with Gasteiger partial charge in [0.15, 0.2) is 11.5 Å². The molecule has 0 atom stereocenters. The summed E-state index contributed by atoms with van der Waals surface area (Å²) in [6.45, 7) is 6.16. The van der Waals surface area contributed by atoms with E-state index in [1.54, 1.807) is 12.1 Å². The van der Waals surface area contributed by atoms with E-state index in [0.29, 0.717) is 35.2 Å². The fraction of sp³-hybridized carbons (Fsp3) is 0.409. The van der Waals surface area contributed by atoms with Crippen LogP contribution < -0.4 is 14.8 Å². The Morgan fingerprint density at radius 3 is 2.46 bits per heavy atom. The minimum Gasteiger partial charge on any atom is -0.493 e. The van der Waals surface area contributed by atoms with E-state index in [1.807, 2.05) is 6.92 Å². The molecule has 5 nitrogen and oxygen atoms in total. The Hall–Kier alpha value is -2.24.